The van der Waals surface area contributed by atoms with Crippen LogP contribution in [0.5, 0.6) is 0 Å². The Hall–Kier alpha value is -1.01. The summed E-state index contributed by atoms with van der Waals surface area (Å²) in [5.74, 6) is 0. The molecule has 0 spiro atoms. The van der Waals surface area contributed by atoms with E-state index in [2.05, 4.69) is 0 Å². The smallest absolute Gasteiger partial charge is 0.181 e. The maximum absolute atomic E-state index is 10.7. The molecule has 0 saturated carbocycles. The van der Waals surface area contributed by atoms with Gasteiger partial charge in [0, 0.05) is 0 Å². The van der Waals surface area contributed by atoms with Crippen LogP contribution in [0.25, 0.3) is 0 Å². The molecule has 0 unspecified atom stereocenters. The van der Waals surface area contributed by atoms with Gasteiger partial charge < -0.3 is 0 Å². The number of nitriles is 2. The van der Waals surface area contributed by atoms with Gasteiger partial charge in [0.15, 0.2) is 12.1 Å². The summed E-state index contributed by atoms with van der Waals surface area (Å²) in [6.07, 6.45) is 0. The van der Waals surface area contributed by atoms with E-state index in [-0.39, 0.29) is 1.43 Å². The van der Waals surface area contributed by atoms with Crippen molar-refractivity contribution >= 4 is 7.81 Å². The number of halogens is 6. The molecule has 0 bridgehead atoms. The molecule has 0 aliphatic heterocycles. The van der Waals surface area contributed by atoms with Gasteiger partial charge in [0.2, 0.25) is 0 Å². The molecule has 66 valence electrons. The summed E-state index contributed by atoms with van der Waals surface area (Å²) in [6, 6.07) is 2.47. The Morgan fingerprint density at radius 1 is 0.818 bits per heavy atom. The first kappa shape index (κ1) is 12.6. The van der Waals surface area contributed by atoms with Crippen molar-refractivity contribution in [1.29, 1.82) is 10.5 Å². The molecule has 2 nitrogen and oxygen atoms in total. The van der Waals surface area contributed by atoms with Gasteiger partial charge in [0.05, 0.1) is 0 Å². The van der Waals surface area contributed by atoms with Gasteiger partial charge in [-0.2, -0.15) is 10.5 Å². The van der Waals surface area contributed by atoms with Gasteiger partial charge >= 0.3 is 34.4 Å². The Morgan fingerprint density at radius 2 is 0.909 bits per heavy atom. The van der Waals surface area contributed by atoms with Crippen molar-refractivity contribution in [1.82, 2.24) is 0 Å². The van der Waals surface area contributed by atoms with Gasteiger partial charge in [0.25, 0.3) is 0 Å². The topological polar surface area (TPSA) is 47.6 Å². The van der Waals surface area contributed by atoms with E-state index >= 15 is 0 Å². The molecule has 0 aromatic carbocycles. The van der Waals surface area contributed by atoms with Crippen molar-refractivity contribution in [2.75, 3.05) is 0 Å². The van der Waals surface area contributed by atoms with Crippen LogP contribution < -0.4 is 0 Å². The molecule has 11 heavy (non-hydrogen) atoms. The molecule has 0 amide bonds. The van der Waals surface area contributed by atoms with E-state index in [9.17, 15) is 25.2 Å². The van der Waals surface area contributed by atoms with Gasteiger partial charge in [-0.15, -0.1) is 0 Å². The second-order valence-electron chi connectivity index (χ2n) is 1.18. The number of rotatable bonds is 0. The average molecular weight is 198 g/mol. The van der Waals surface area contributed by atoms with Crippen LogP contribution in [-0.4, -0.2) is 0 Å². The Balaban J connectivity index is -0.000000142. The molecule has 9 heteroatoms. The van der Waals surface area contributed by atoms with E-state index in [0.29, 0.717) is 0 Å². The zero-order valence-electron chi connectivity index (χ0n) is 5.61. The molecule has 0 aliphatic rings. The zero-order chi connectivity index (χ0) is 9.82. The van der Waals surface area contributed by atoms with E-state index in [4.69, 9.17) is 10.5 Å². The monoisotopic (exact) mass is 198 g/mol. The summed E-state index contributed by atoms with van der Waals surface area (Å²) in [7, 11) is -10.7. The molecule has 0 rings (SSSR count). The van der Waals surface area contributed by atoms with Crippen LogP contribution in [-0.2, 0) is 0 Å². The summed E-state index contributed by atoms with van der Waals surface area (Å²) < 4.78 is 59.2. The predicted octanol–water partition coefficient (Wildman–Crippen LogP) is 3.53. The minimum atomic E-state index is -10.7. The molecule has 0 N–H and O–H groups in total. The van der Waals surface area contributed by atoms with E-state index in [0.717, 1.165) is 0 Å². The molecule has 0 heterocycles. The molecule has 0 fully saturated rings. The summed E-state index contributed by atoms with van der Waals surface area (Å²) >= 11 is 0. The summed E-state index contributed by atoms with van der Waals surface area (Å²) in [6.45, 7) is 0. The SMILES string of the molecule is F[P-](F)(F)(F)(F)F.N#CC#N.[H+]. The Labute approximate surface area is 58.4 Å². The van der Waals surface area contributed by atoms with Gasteiger partial charge in [-0.25, -0.2) is 0 Å². The molecule has 0 aliphatic carbocycles. The van der Waals surface area contributed by atoms with Crippen LogP contribution in [0.15, 0.2) is 0 Å². The molecular formula is C2HF6N2P. The fourth-order valence-electron chi connectivity index (χ4n) is 0. The second-order valence-corrected chi connectivity index (χ2v) is 3.10. The third-order valence-corrected chi connectivity index (χ3v) is 0.0500. The van der Waals surface area contributed by atoms with Gasteiger partial charge in [0.1, 0.15) is 0 Å². The molecule has 0 radical (unpaired) electrons. The molecule has 0 atom stereocenters. The first-order valence-electron chi connectivity index (χ1n) is 1.71. The minimum Gasteiger partial charge on any atom is -0.181 e. The number of nitrogens with zero attached hydrogens (tertiary/aromatic N) is 2. The van der Waals surface area contributed by atoms with Crippen molar-refractivity contribution < 1.29 is 26.6 Å². The average Bonchev–Trinajstić information content (AvgIpc) is 1.57. The fraction of sp³-hybridized carbons (Fsp3) is 0. The first-order valence-corrected chi connectivity index (χ1v) is 3.74. The van der Waals surface area contributed by atoms with Crippen LogP contribution >= 0.6 is 7.81 Å². The number of hydrogen-bond donors (Lipinski definition) is 0. The first-order chi connectivity index (χ1) is 4.36. The second kappa shape index (κ2) is 2.24. The van der Waals surface area contributed by atoms with Crippen LogP contribution in [0.4, 0.5) is 25.2 Å². The molecule has 0 aromatic heterocycles. The van der Waals surface area contributed by atoms with Crippen molar-refractivity contribution in [3.63, 3.8) is 0 Å². The predicted molar refractivity (Wildman–Crippen MR) is 25.9 cm³/mol. The summed E-state index contributed by atoms with van der Waals surface area (Å²) in [5.41, 5.74) is 0. The van der Waals surface area contributed by atoms with Crippen LogP contribution in [0.2, 0.25) is 0 Å². The Bertz CT molecular complexity index is 191. The fourth-order valence-corrected chi connectivity index (χ4v) is 0. The summed E-state index contributed by atoms with van der Waals surface area (Å²) in [5, 5.41) is 14.5. The van der Waals surface area contributed by atoms with Gasteiger partial charge in [-0.1, -0.05) is 0 Å². The maximum atomic E-state index is 9.87. The van der Waals surface area contributed by atoms with Crippen LogP contribution in [0.3, 0.4) is 0 Å². The quantitative estimate of drug-likeness (QED) is 0.441. The zero-order valence-corrected chi connectivity index (χ0v) is 5.50. The molecule has 0 saturated heterocycles. The maximum Gasteiger partial charge on any atom is 1.00 e. The van der Waals surface area contributed by atoms with Crippen LogP contribution in [0, 0.1) is 22.7 Å². The third kappa shape index (κ3) is 4390000. The molecular weight excluding hydrogens is 197 g/mol. The van der Waals surface area contributed by atoms with Crippen molar-refractivity contribution in [3.05, 3.63) is 0 Å². The van der Waals surface area contributed by atoms with Gasteiger partial charge in [-0.05, 0) is 0 Å². The molecule has 0 aromatic rings. The largest absolute Gasteiger partial charge is 1.00 e. The van der Waals surface area contributed by atoms with Gasteiger partial charge in [-0.3, -0.25) is 0 Å². The van der Waals surface area contributed by atoms with E-state index in [1.807, 2.05) is 0 Å². The number of hydrogen-bond acceptors (Lipinski definition) is 2. The summed E-state index contributed by atoms with van der Waals surface area (Å²) in [4.78, 5) is 0. The minimum absolute atomic E-state index is 0. The van der Waals surface area contributed by atoms with Crippen molar-refractivity contribution in [2.45, 2.75) is 0 Å². The standard InChI is InChI=1S/C2N2.F6P/c3-1-2-4;1-7(2,3,4,5)6/q;-1/p+1. The normalized spacial score (nSPS) is 15.6. The third-order valence-electron chi connectivity index (χ3n) is 0.0500. The Kier molecular flexibility index (Phi) is 2.58. The van der Waals surface area contributed by atoms with E-state index in [1.54, 1.807) is 0 Å². The van der Waals surface area contributed by atoms with Crippen molar-refractivity contribution in [2.24, 2.45) is 0 Å². The van der Waals surface area contributed by atoms with Crippen LogP contribution in [0.1, 0.15) is 1.43 Å². The van der Waals surface area contributed by atoms with Crippen molar-refractivity contribution in [3.8, 4) is 12.1 Å². The van der Waals surface area contributed by atoms with E-state index in [1.165, 1.54) is 12.1 Å². The Morgan fingerprint density at radius 3 is 0.909 bits per heavy atom. The van der Waals surface area contributed by atoms with E-state index < -0.39 is 7.81 Å².